The van der Waals surface area contributed by atoms with Crippen LogP contribution in [0, 0.1) is 5.92 Å². The molecule has 0 heterocycles. The summed E-state index contributed by atoms with van der Waals surface area (Å²) in [7, 11) is 0. The lowest BCUT2D eigenvalue weighted by Gasteiger charge is -2.37. The second kappa shape index (κ2) is 4.72. The van der Waals surface area contributed by atoms with E-state index in [0.29, 0.717) is 12.0 Å². The Hall–Kier alpha value is -1.77. The Bertz CT molecular complexity index is 541. The predicted molar refractivity (Wildman–Crippen MR) is 75.2 cm³/mol. The van der Waals surface area contributed by atoms with E-state index in [-0.39, 0.29) is 28.6 Å². The molecule has 2 N–H and O–H groups in total. The third-order valence-corrected chi connectivity index (χ3v) is 4.07. The van der Waals surface area contributed by atoms with Crippen molar-refractivity contribution in [3.63, 3.8) is 0 Å². The molecule has 3 heteroatoms. The van der Waals surface area contributed by atoms with Gasteiger partial charge in [0.2, 0.25) is 0 Å². The van der Waals surface area contributed by atoms with Crippen LogP contribution in [0.15, 0.2) is 18.2 Å². The number of carbonyl (C=O) groups is 1. The van der Waals surface area contributed by atoms with Gasteiger partial charge < -0.3 is 15.0 Å². The highest BCUT2D eigenvalue weighted by atomic mass is 16.3. The van der Waals surface area contributed by atoms with Crippen molar-refractivity contribution in [2.45, 2.75) is 39.0 Å². The van der Waals surface area contributed by atoms with E-state index in [4.69, 9.17) is 0 Å². The summed E-state index contributed by atoms with van der Waals surface area (Å²) in [6, 6.07) is 3.03. The molecule has 1 aromatic carbocycles. The Morgan fingerprint density at radius 3 is 2.53 bits per heavy atom. The summed E-state index contributed by atoms with van der Waals surface area (Å²) in [5, 5.41) is 20.0. The Morgan fingerprint density at radius 2 is 1.89 bits per heavy atom. The molecule has 1 aliphatic carbocycles. The third kappa shape index (κ3) is 2.37. The fourth-order valence-corrected chi connectivity index (χ4v) is 2.90. The number of allylic oxidation sites excluding steroid dienone is 1. The van der Waals surface area contributed by atoms with Gasteiger partial charge in [-0.3, -0.25) is 0 Å². The largest absolute Gasteiger partial charge is 0.508 e. The fraction of sp³-hybridized carbons (Fsp3) is 0.438. The number of ketones is 1. The van der Waals surface area contributed by atoms with Crippen molar-refractivity contribution in [2.24, 2.45) is 5.92 Å². The number of benzene rings is 1. The molecule has 0 aliphatic heterocycles. The third-order valence-electron chi connectivity index (χ3n) is 4.07. The number of Topliss-reactive ketones (excluding diaryl/α,β-unsaturated/α-hetero) is 1. The number of phenolic OH excluding ortho intramolecular Hbond substituents is 2. The molecule has 0 fully saturated rings. The van der Waals surface area contributed by atoms with Crippen LogP contribution < -0.4 is 0 Å². The zero-order valence-electron chi connectivity index (χ0n) is 11.6. The maximum absolute atomic E-state index is 11.2. The Kier molecular flexibility index (Phi) is 3.40. The van der Waals surface area contributed by atoms with Crippen LogP contribution in [0.1, 0.15) is 44.7 Å². The smallest absolute Gasteiger partial charge is 0.129 e. The highest BCUT2D eigenvalue weighted by Crippen LogP contribution is 2.47. The molecule has 1 aliphatic rings. The molecule has 0 spiro atoms. The Morgan fingerprint density at radius 1 is 1.26 bits per heavy atom. The minimum Gasteiger partial charge on any atom is -0.508 e. The molecular formula is C16H20O3. The number of carbonyl (C=O) groups excluding carboxylic acids is 1. The Labute approximate surface area is 113 Å². The van der Waals surface area contributed by atoms with Gasteiger partial charge >= 0.3 is 0 Å². The molecule has 102 valence electrons. The molecule has 0 bridgehead atoms. The van der Waals surface area contributed by atoms with E-state index in [1.165, 1.54) is 12.1 Å². The van der Waals surface area contributed by atoms with Gasteiger partial charge in [0.1, 0.15) is 17.3 Å². The normalized spacial score (nSPS) is 20.1. The van der Waals surface area contributed by atoms with Crippen molar-refractivity contribution < 1.29 is 15.0 Å². The second-order valence-electron chi connectivity index (χ2n) is 5.82. The van der Waals surface area contributed by atoms with Gasteiger partial charge in [0.15, 0.2) is 0 Å². The highest BCUT2D eigenvalue weighted by Gasteiger charge is 2.36. The summed E-state index contributed by atoms with van der Waals surface area (Å²) >= 11 is 0. The van der Waals surface area contributed by atoms with Crippen molar-refractivity contribution in [1.29, 1.82) is 0 Å². The molecule has 19 heavy (non-hydrogen) atoms. The van der Waals surface area contributed by atoms with E-state index < -0.39 is 0 Å². The van der Waals surface area contributed by atoms with Gasteiger partial charge in [-0.25, -0.2) is 0 Å². The van der Waals surface area contributed by atoms with Crippen LogP contribution in [0.4, 0.5) is 0 Å². The van der Waals surface area contributed by atoms with Gasteiger partial charge in [-0.2, -0.15) is 0 Å². The van der Waals surface area contributed by atoms with E-state index in [1.54, 1.807) is 6.92 Å². The molecule has 1 atom stereocenters. The molecule has 0 saturated carbocycles. The predicted octanol–water partition coefficient (Wildman–Crippen LogP) is 3.39. The molecule has 0 radical (unpaired) electrons. The highest BCUT2D eigenvalue weighted by molar-refractivity contribution is 5.75. The molecule has 1 unspecified atom stereocenters. The first-order valence-electron chi connectivity index (χ1n) is 6.57. The van der Waals surface area contributed by atoms with Crippen molar-refractivity contribution in [2.75, 3.05) is 0 Å². The standard InChI is InChI=1S/C16H20O3/c1-10(17)4-5-11-6-7-12-13(18)8-9-14(19)15(12)16(11,2)3/h6-9,11,18-19H,4-5H2,1-3H3. The Balaban J connectivity index is 2.43. The van der Waals surface area contributed by atoms with Gasteiger partial charge in [0.25, 0.3) is 0 Å². The number of hydrogen-bond acceptors (Lipinski definition) is 3. The van der Waals surface area contributed by atoms with Gasteiger partial charge in [-0.05, 0) is 31.4 Å². The summed E-state index contributed by atoms with van der Waals surface area (Å²) < 4.78 is 0. The van der Waals surface area contributed by atoms with E-state index in [1.807, 2.05) is 26.0 Å². The summed E-state index contributed by atoms with van der Waals surface area (Å²) in [5.74, 6) is 0.740. The lowest BCUT2D eigenvalue weighted by molar-refractivity contribution is -0.117. The number of hydrogen-bond donors (Lipinski definition) is 2. The molecule has 3 nitrogen and oxygen atoms in total. The van der Waals surface area contributed by atoms with Crippen molar-refractivity contribution in [1.82, 2.24) is 0 Å². The number of phenols is 2. The van der Waals surface area contributed by atoms with E-state index >= 15 is 0 Å². The monoisotopic (exact) mass is 260 g/mol. The van der Waals surface area contributed by atoms with Gasteiger partial charge in [0.05, 0.1) is 0 Å². The first-order chi connectivity index (χ1) is 8.84. The van der Waals surface area contributed by atoms with E-state index in [9.17, 15) is 15.0 Å². The van der Waals surface area contributed by atoms with E-state index in [2.05, 4.69) is 0 Å². The first-order valence-corrected chi connectivity index (χ1v) is 6.57. The SMILES string of the molecule is CC(=O)CCC1C=Cc2c(O)ccc(O)c2C1(C)C. The zero-order chi connectivity index (χ0) is 14.2. The lowest BCUT2D eigenvalue weighted by atomic mass is 9.66. The molecule has 1 aromatic rings. The number of aromatic hydroxyl groups is 2. The molecule has 2 rings (SSSR count). The maximum atomic E-state index is 11.2. The van der Waals surface area contributed by atoms with Crippen molar-refractivity contribution in [3.8, 4) is 11.5 Å². The zero-order valence-corrected chi connectivity index (χ0v) is 11.6. The summed E-state index contributed by atoms with van der Waals surface area (Å²) in [4.78, 5) is 11.2. The molecular weight excluding hydrogens is 240 g/mol. The van der Waals surface area contributed by atoms with Crippen molar-refractivity contribution in [3.05, 3.63) is 29.3 Å². The topological polar surface area (TPSA) is 57.5 Å². The summed E-state index contributed by atoms with van der Waals surface area (Å²) in [5.41, 5.74) is 1.15. The second-order valence-corrected chi connectivity index (χ2v) is 5.82. The summed E-state index contributed by atoms with van der Waals surface area (Å²) in [6.07, 6.45) is 5.17. The average molecular weight is 260 g/mol. The van der Waals surface area contributed by atoms with Crippen LogP contribution in [0.25, 0.3) is 6.08 Å². The van der Waals surface area contributed by atoms with Crippen LogP contribution in [0.2, 0.25) is 0 Å². The van der Waals surface area contributed by atoms with Crippen LogP contribution in [-0.2, 0) is 10.2 Å². The minimum atomic E-state index is -0.303. The summed E-state index contributed by atoms with van der Waals surface area (Å²) in [6.45, 7) is 5.68. The first kappa shape index (κ1) is 13.7. The fourth-order valence-electron chi connectivity index (χ4n) is 2.90. The number of rotatable bonds is 3. The number of fused-ring (bicyclic) bond motifs is 1. The van der Waals surface area contributed by atoms with Crippen LogP contribution >= 0.6 is 0 Å². The van der Waals surface area contributed by atoms with Crippen LogP contribution in [0.3, 0.4) is 0 Å². The van der Waals surface area contributed by atoms with Gasteiger partial charge in [-0.15, -0.1) is 0 Å². The minimum absolute atomic E-state index is 0.176. The molecule has 0 aromatic heterocycles. The quantitative estimate of drug-likeness (QED) is 0.819. The van der Waals surface area contributed by atoms with Gasteiger partial charge in [-0.1, -0.05) is 26.0 Å². The van der Waals surface area contributed by atoms with Crippen LogP contribution in [0.5, 0.6) is 11.5 Å². The van der Waals surface area contributed by atoms with Gasteiger partial charge in [0, 0.05) is 23.0 Å². The van der Waals surface area contributed by atoms with Crippen molar-refractivity contribution >= 4 is 11.9 Å². The molecule has 0 amide bonds. The van der Waals surface area contributed by atoms with Crippen LogP contribution in [-0.4, -0.2) is 16.0 Å². The maximum Gasteiger partial charge on any atom is 0.129 e. The molecule has 0 saturated heterocycles. The lowest BCUT2D eigenvalue weighted by Crippen LogP contribution is -2.31. The average Bonchev–Trinajstić information content (AvgIpc) is 2.31. The van der Waals surface area contributed by atoms with E-state index in [0.717, 1.165) is 12.0 Å².